The number of phenols is 1. The Morgan fingerprint density at radius 3 is 2.67 bits per heavy atom. The largest absolute Gasteiger partial charge is 0.512 e. The molecule has 1 aromatic rings. The van der Waals surface area contributed by atoms with Gasteiger partial charge >= 0.3 is 5.97 Å². The number of nitroso groups, excluding NO2 is 1. The first-order valence-electron chi connectivity index (χ1n) is 5.43. The molecule has 6 heteroatoms. The van der Waals surface area contributed by atoms with Crippen LogP contribution in [0, 0.1) is 4.91 Å². The molecule has 0 saturated heterocycles. The molecule has 1 aromatic carbocycles. The Balaban J connectivity index is 3.04. The second-order valence-corrected chi connectivity index (χ2v) is 8.03. The molecule has 0 aromatic heterocycles. The van der Waals surface area contributed by atoms with E-state index in [4.69, 9.17) is 4.43 Å². The molecule has 0 atom stereocenters. The van der Waals surface area contributed by atoms with Gasteiger partial charge in [0.2, 0.25) is 0 Å². The molecular formula is C12H15NO4Si. The van der Waals surface area contributed by atoms with Crippen LogP contribution in [0.25, 0.3) is 0 Å². The summed E-state index contributed by atoms with van der Waals surface area (Å²) in [5, 5.41) is 12.8. The Hall–Kier alpha value is -1.95. The summed E-state index contributed by atoms with van der Waals surface area (Å²) in [7, 11) is -2.46. The van der Waals surface area contributed by atoms with E-state index in [1.165, 1.54) is 18.2 Å². The third kappa shape index (κ3) is 3.27. The van der Waals surface area contributed by atoms with Crippen molar-refractivity contribution in [3.8, 4) is 5.75 Å². The fourth-order valence-electron chi connectivity index (χ4n) is 1.45. The Labute approximate surface area is 106 Å². The maximum Gasteiger partial charge on any atom is 0.317 e. The number of hydrogen-bond donors (Lipinski definition) is 1. The van der Waals surface area contributed by atoms with E-state index in [2.05, 4.69) is 5.18 Å². The van der Waals surface area contributed by atoms with Crippen LogP contribution < -0.4 is 5.19 Å². The maximum atomic E-state index is 11.4. The predicted molar refractivity (Wildman–Crippen MR) is 71.6 cm³/mol. The van der Waals surface area contributed by atoms with Crippen LogP contribution in [0.5, 0.6) is 5.75 Å². The Morgan fingerprint density at radius 1 is 1.44 bits per heavy atom. The number of carbonyl (C=O) groups is 1. The standard InChI is InChI=1S/C12H15NO4Si/c1-4-5-12(15)17-18(2,3)9-6-7-11(14)10(8-9)13-16/h4-8,14H,1-3H3. The van der Waals surface area contributed by atoms with Crippen molar-refractivity contribution in [3.05, 3.63) is 35.3 Å². The van der Waals surface area contributed by atoms with E-state index in [1.807, 2.05) is 13.1 Å². The minimum atomic E-state index is -2.46. The second kappa shape index (κ2) is 5.59. The van der Waals surface area contributed by atoms with Crippen LogP contribution in [0.15, 0.2) is 35.5 Å². The van der Waals surface area contributed by atoms with Gasteiger partial charge in [0.15, 0.2) is 0 Å². The molecule has 0 heterocycles. The fourth-order valence-corrected chi connectivity index (χ4v) is 3.11. The van der Waals surface area contributed by atoms with Crippen LogP contribution in [-0.2, 0) is 9.22 Å². The molecule has 0 bridgehead atoms. The van der Waals surface area contributed by atoms with Gasteiger partial charge in [0.05, 0.1) is 0 Å². The van der Waals surface area contributed by atoms with Crippen molar-refractivity contribution in [2.45, 2.75) is 20.0 Å². The van der Waals surface area contributed by atoms with Gasteiger partial charge < -0.3 is 9.53 Å². The summed E-state index contributed by atoms with van der Waals surface area (Å²) in [5.74, 6) is -0.596. The summed E-state index contributed by atoms with van der Waals surface area (Å²) in [6, 6.07) is 4.47. The van der Waals surface area contributed by atoms with Gasteiger partial charge in [0, 0.05) is 6.08 Å². The first-order chi connectivity index (χ1) is 8.40. The summed E-state index contributed by atoms with van der Waals surface area (Å²) in [5.41, 5.74) is -0.0462. The maximum absolute atomic E-state index is 11.4. The molecule has 0 aliphatic rings. The second-order valence-electron chi connectivity index (χ2n) is 4.23. The van der Waals surface area contributed by atoms with Gasteiger partial charge in [-0.1, -0.05) is 12.1 Å². The number of aromatic hydroxyl groups is 1. The van der Waals surface area contributed by atoms with Gasteiger partial charge in [0.25, 0.3) is 8.32 Å². The van der Waals surface area contributed by atoms with E-state index in [9.17, 15) is 14.8 Å². The summed E-state index contributed by atoms with van der Waals surface area (Å²) in [6.45, 7) is 5.38. The molecule has 5 nitrogen and oxygen atoms in total. The van der Waals surface area contributed by atoms with Crippen LogP contribution in [0.1, 0.15) is 6.92 Å². The summed E-state index contributed by atoms with van der Waals surface area (Å²) in [6.07, 6.45) is 2.94. The lowest BCUT2D eigenvalue weighted by molar-refractivity contribution is -0.129. The lowest BCUT2D eigenvalue weighted by Crippen LogP contribution is -2.46. The first kappa shape index (κ1) is 14.1. The number of nitrogens with zero attached hydrogens (tertiary/aromatic N) is 1. The summed E-state index contributed by atoms with van der Waals surface area (Å²) >= 11 is 0. The quantitative estimate of drug-likeness (QED) is 0.515. The highest BCUT2D eigenvalue weighted by Gasteiger charge is 2.29. The minimum absolute atomic E-state index is 0.0462. The van der Waals surface area contributed by atoms with Crippen molar-refractivity contribution >= 4 is 25.2 Å². The number of benzene rings is 1. The number of phenolic OH excluding ortho intramolecular Hbond substituents is 1. The van der Waals surface area contributed by atoms with Crippen LogP contribution in [-0.4, -0.2) is 19.4 Å². The van der Waals surface area contributed by atoms with Crippen molar-refractivity contribution in [3.63, 3.8) is 0 Å². The highest BCUT2D eigenvalue weighted by Crippen LogP contribution is 2.25. The van der Waals surface area contributed by atoms with E-state index in [0.717, 1.165) is 0 Å². The smallest absolute Gasteiger partial charge is 0.317 e. The van der Waals surface area contributed by atoms with Crippen molar-refractivity contribution in [1.82, 2.24) is 0 Å². The molecule has 0 aliphatic heterocycles. The van der Waals surface area contributed by atoms with E-state index in [1.54, 1.807) is 19.1 Å². The summed E-state index contributed by atoms with van der Waals surface area (Å²) < 4.78 is 5.39. The summed E-state index contributed by atoms with van der Waals surface area (Å²) in [4.78, 5) is 22.0. The van der Waals surface area contributed by atoms with E-state index in [-0.39, 0.29) is 11.4 Å². The van der Waals surface area contributed by atoms with Gasteiger partial charge in [-0.05, 0) is 42.5 Å². The van der Waals surface area contributed by atoms with Gasteiger partial charge in [-0.3, -0.25) is 0 Å². The van der Waals surface area contributed by atoms with Crippen molar-refractivity contribution in [2.24, 2.45) is 5.18 Å². The third-order valence-electron chi connectivity index (χ3n) is 2.43. The molecular weight excluding hydrogens is 250 g/mol. The topological polar surface area (TPSA) is 76.0 Å². The minimum Gasteiger partial charge on any atom is -0.512 e. The van der Waals surface area contributed by atoms with Crippen LogP contribution >= 0.6 is 0 Å². The molecule has 1 rings (SSSR count). The van der Waals surface area contributed by atoms with E-state index < -0.39 is 14.3 Å². The average Bonchev–Trinajstić information content (AvgIpc) is 2.28. The molecule has 1 N–H and O–H groups in total. The molecule has 96 valence electrons. The average molecular weight is 265 g/mol. The molecule has 0 radical (unpaired) electrons. The molecule has 0 saturated carbocycles. The molecule has 0 amide bonds. The van der Waals surface area contributed by atoms with Crippen molar-refractivity contribution in [2.75, 3.05) is 0 Å². The van der Waals surface area contributed by atoms with Crippen LogP contribution in [0.3, 0.4) is 0 Å². The highest BCUT2D eigenvalue weighted by molar-refractivity contribution is 6.85. The van der Waals surface area contributed by atoms with Crippen molar-refractivity contribution in [1.29, 1.82) is 0 Å². The monoisotopic (exact) mass is 265 g/mol. The predicted octanol–water partition coefficient (Wildman–Crippen LogP) is 2.32. The van der Waals surface area contributed by atoms with Crippen molar-refractivity contribution < 1.29 is 14.3 Å². The number of rotatable bonds is 4. The normalized spacial score (nSPS) is 11.5. The Kier molecular flexibility index (Phi) is 4.38. The number of hydrogen-bond acceptors (Lipinski definition) is 5. The Morgan fingerprint density at radius 2 is 2.11 bits per heavy atom. The van der Waals surface area contributed by atoms with E-state index >= 15 is 0 Å². The highest BCUT2D eigenvalue weighted by atomic mass is 28.4. The van der Waals surface area contributed by atoms with Gasteiger partial charge in [-0.15, -0.1) is 4.91 Å². The van der Waals surface area contributed by atoms with Gasteiger partial charge in [-0.25, -0.2) is 4.79 Å². The van der Waals surface area contributed by atoms with Crippen LogP contribution in [0.4, 0.5) is 5.69 Å². The lowest BCUT2D eigenvalue weighted by Gasteiger charge is -2.22. The zero-order valence-electron chi connectivity index (χ0n) is 10.5. The first-order valence-corrected chi connectivity index (χ1v) is 8.34. The number of allylic oxidation sites excluding steroid dienone is 1. The molecule has 0 fully saturated rings. The number of carbonyl (C=O) groups excluding carboxylic acids is 1. The lowest BCUT2D eigenvalue weighted by atomic mass is 10.3. The van der Waals surface area contributed by atoms with Crippen LogP contribution in [0.2, 0.25) is 13.1 Å². The fraction of sp³-hybridized carbons (Fsp3) is 0.250. The molecule has 18 heavy (non-hydrogen) atoms. The third-order valence-corrected chi connectivity index (χ3v) is 4.84. The SMILES string of the molecule is CC=CC(=O)O[Si](C)(C)c1ccc(O)c(N=O)c1. The zero-order chi connectivity index (χ0) is 13.8. The van der Waals surface area contributed by atoms with Gasteiger partial charge in [0.1, 0.15) is 11.4 Å². The van der Waals surface area contributed by atoms with Gasteiger partial charge in [-0.2, -0.15) is 0 Å². The molecule has 0 spiro atoms. The molecule has 0 unspecified atom stereocenters. The molecule has 0 aliphatic carbocycles. The Bertz CT molecular complexity index is 497. The van der Waals surface area contributed by atoms with E-state index in [0.29, 0.717) is 5.19 Å². The zero-order valence-corrected chi connectivity index (χ0v) is 11.5.